The molecule has 1 aliphatic heterocycles. The molecule has 0 radical (unpaired) electrons. The number of carbonyl (C=O) groups excluding carboxylic acids is 1. The normalized spacial score (nSPS) is 23.9. The highest BCUT2D eigenvalue weighted by Crippen LogP contribution is 2.20. The minimum Gasteiger partial charge on any atom is -0.338 e. The van der Waals surface area contributed by atoms with Crippen LogP contribution in [0.2, 0.25) is 0 Å². The van der Waals surface area contributed by atoms with E-state index in [0.29, 0.717) is 6.04 Å². The maximum absolute atomic E-state index is 11.9. The Morgan fingerprint density at radius 1 is 1.57 bits per heavy atom. The monoisotopic (exact) mass is 198 g/mol. The number of nitrogens with zero attached hydrogens (tertiary/aromatic N) is 1. The minimum atomic E-state index is -0.271. The van der Waals surface area contributed by atoms with E-state index < -0.39 is 0 Å². The van der Waals surface area contributed by atoms with Crippen LogP contribution in [0.4, 0.5) is 0 Å². The molecule has 1 aliphatic rings. The van der Waals surface area contributed by atoms with E-state index in [0.717, 1.165) is 38.6 Å². The van der Waals surface area contributed by atoms with Crippen molar-refractivity contribution in [3.8, 4) is 0 Å². The summed E-state index contributed by atoms with van der Waals surface area (Å²) in [6.07, 6.45) is 5.15. The smallest absolute Gasteiger partial charge is 0.239 e. The number of likely N-dealkylation sites (tertiary alicyclic amines) is 1. The van der Waals surface area contributed by atoms with Crippen molar-refractivity contribution in [2.24, 2.45) is 5.73 Å². The SMILES string of the molecule is CCC[C@@H](N)C(=O)N1CCCC1CC. The quantitative estimate of drug-likeness (QED) is 0.744. The second-order valence-corrected chi connectivity index (χ2v) is 4.13. The van der Waals surface area contributed by atoms with Crippen molar-refractivity contribution in [3.05, 3.63) is 0 Å². The minimum absolute atomic E-state index is 0.163. The fraction of sp³-hybridized carbons (Fsp3) is 0.909. The van der Waals surface area contributed by atoms with Crippen LogP contribution in [0, 0.1) is 0 Å². The second kappa shape index (κ2) is 5.35. The van der Waals surface area contributed by atoms with E-state index in [9.17, 15) is 4.79 Å². The topological polar surface area (TPSA) is 46.3 Å². The molecule has 0 aromatic rings. The van der Waals surface area contributed by atoms with Gasteiger partial charge in [0.2, 0.25) is 5.91 Å². The molecule has 0 aromatic carbocycles. The van der Waals surface area contributed by atoms with E-state index in [1.165, 1.54) is 0 Å². The number of hydrogen-bond acceptors (Lipinski definition) is 2. The van der Waals surface area contributed by atoms with Gasteiger partial charge in [-0.3, -0.25) is 4.79 Å². The Balaban J connectivity index is 2.50. The van der Waals surface area contributed by atoms with E-state index in [2.05, 4.69) is 13.8 Å². The fourth-order valence-corrected chi connectivity index (χ4v) is 2.20. The van der Waals surface area contributed by atoms with Crippen LogP contribution in [0.3, 0.4) is 0 Å². The summed E-state index contributed by atoms with van der Waals surface area (Å²) in [5.41, 5.74) is 5.83. The van der Waals surface area contributed by atoms with Crippen molar-refractivity contribution in [3.63, 3.8) is 0 Å². The van der Waals surface area contributed by atoms with Crippen molar-refractivity contribution in [1.82, 2.24) is 4.90 Å². The standard InChI is InChI=1S/C11H22N2O/c1-3-6-10(12)11(14)13-8-5-7-9(13)4-2/h9-10H,3-8,12H2,1-2H3/t9?,10-/m1/s1. The summed E-state index contributed by atoms with van der Waals surface area (Å²) in [7, 11) is 0. The Bertz CT molecular complexity index is 194. The number of nitrogens with two attached hydrogens (primary N) is 1. The molecule has 3 heteroatoms. The van der Waals surface area contributed by atoms with Crippen molar-refractivity contribution in [2.45, 2.75) is 58.0 Å². The number of amides is 1. The Kier molecular flexibility index (Phi) is 4.39. The van der Waals surface area contributed by atoms with Gasteiger partial charge in [0.15, 0.2) is 0 Å². The maximum Gasteiger partial charge on any atom is 0.239 e. The zero-order valence-electron chi connectivity index (χ0n) is 9.33. The van der Waals surface area contributed by atoms with Gasteiger partial charge in [-0.15, -0.1) is 0 Å². The van der Waals surface area contributed by atoms with Crippen molar-refractivity contribution < 1.29 is 4.79 Å². The first-order chi connectivity index (χ1) is 6.70. The van der Waals surface area contributed by atoms with Crippen LogP contribution in [0.15, 0.2) is 0 Å². The molecule has 1 heterocycles. The predicted octanol–water partition coefficient (Wildman–Crippen LogP) is 1.51. The van der Waals surface area contributed by atoms with Gasteiger partial charge in [-0.1, -0.05) is 20.3 Å². The first-order valence-electron chi connectivity index (χ1n) is 5.76. The van der Waals surface area contributed by atoms with Crippen LogP contribution in [0.1, 0.15) is 46.0 Å². The van der Waals surface area contributed by atoms with Gasteiger partial charge in [0.25, 0.3) is 0 Å². The highest BCUT2D eigenvalue weighted by molar-refractivity contribution is 5.82. The molecule has 1 fully saturated rings. The van der Waals surface area contributed by atoms with Gasteiger partial charge in [-0.05, 0) is 25.7 Å². The summed E-state index contributed by atoms with van der Waals surface area (Å²) in [5, 5.41) is 0. The molecule has 14 heavy (non-hydrogen) atoms. The van der Waals surface area contributed by atoms with E-state index in [-0.39, 0.29) is 11.9 Å². The van der Waals surface area contributed by atoms with Gasteiger partial charge < -0.3 is 10.6 Å². The summed E-state index contributed by atoms with van der Waals surface area (Å²) in [6, 6.07) is 0.178. The van der Waals surface area contributed by atoms with E-state index in [4.69, 9.17) is 5.73 Å². The van der Waals surface area contributed by atoms with Gasteiger partial charge >= 0.3 is 0 Å². The van der Waals surface area contributed by atoms with Gasteiger partial charge in [0, 0.05) is 12.6 Å². The molecule has 82 valence electrons. The van der Waals surface area contributed by atoms with Gasteiger partial charge in [0.1, 0.15) is 0 Å². The molecule has 0 spiro atoms. The van der Waals surface area contributed by atoms with Crippen molar-refractivity contribution >= 4 is 5.91 Å². The highest BCUT2D eigenvalue weighted by atomic mass is 16.2. The third-order valence-electron chi connectivity index (χ3n) is 3.05. The van der Waals surface area contributed by atoms with Crippen LogP contribution in [0.5, 0.6) is 0 Å². The van der Waals surface area contributed by atoms with E-state index in [1.807, 2.05) is 4.90 Å². The summed E-state index contributed by atoms with van der Waals surface area (Å²) in [4.78, 5) is 13.9. The Labute approximate surface area is 86.6 Å². The average molecular weight is 198 g/mol. The van der Waals surface area contributed by atoms with Crippen LogP contribution in [-0.4, -0.2) is 29.4 Å². The highest BCUT2D eigenvalue weighted by Gasteiger charge is 2.29. The Morgan fingerprint density at radius 3 is 2.86 bits per heavy atom. The molecule has 1 rings (SSSR count). The summed E-state index contributed by atoms with van der Waals surface area (Å²) in [6.45, 7) is 5.12. The lowest BCUT2D eigenvalue weighted by Crippen LogP contribution is -2.45. The molecule has 2 atom stereocenters. The Hall–Kier alpha value is -0.570. The molecule has 0 bridgehead atoms. The fourth-order valence-electron chi connectivity index (χ4n) is 2.20. The third kappa shape index (κ3) is 2.47. The molecular weight excluding hydrogens is 176 g/mol. The van der Waals surface area contributed by atoms with Crippen LogP contribution in [0.25, 0.3) is 0 Å². The summed E-state index contributed by atoms with van der Waals surface area (Å²) in [5.74, 6) is 0.163. The molecule has 1 amide bonds. The van der Waals surface area contributed by atoms with Crippen LogP contribution < -0.4 is 5.73 Å². The van der Waals surface area contributed by atoms with Crippen LogP contribution in [-0.2, 0) is 4.79 Å². The molecule has 0 aliphatic carbocycles. The maximum atomic E-state index is 11.9. The van der Waals surface area contributed by atoms with Crippen molar-refractivity contribution in [1.29, 1.82) is 0 Å². The summed E-state index contributed by atoms with van der Waals surface area (Å²) >= 11 is 0. The molecular formula is C11H22N2O. The van der Waals surface area contributed by atoms with Gasteiger partial charge in [-0.2, -0.15) is 0 Å². The predicted molar refractivity (Wildman–Crippen MR) is 57.9 cm³/mol. The van der Waals surface area contributed by atoms with Gasteiger partial charge in [-0.25, -0.2) is 0 Å². The van der Waals surface area contributed by atoms with Crippen LogP contribution >= 0.6 is 0 Å². The molecule has 1 saturated heterocycles. The summed E-state index contributed by atoms with van der Waals surface area (Å²) < 4.78 is 0. The molecule has 3 nitrogen and oxygen atoms in total. The lowest BCUT2D eigenvalue weighted by molar-refractivity contribution is -0.133. The number of hydrogen-bond donors (Lipinski definition) is 1. The molecule has 0 saturated carbocycles. The van der Waals surface area contributed by atoms with Crippen molar-refractivity contribution in [2.75, 3.05) is 6.54 Å². The zero-order valence-corrected chi connectivity index (χ0v) is 9.33. The van der Waals surface area contributed by atoms with E-state index in [1.54, 1.807) is 0 Å². The lowest BCUT2D eigenvalue weighted by Gasteiger charge is -2.26. The van der Waals surface area contributed by atoms with Gasteiger partial charge in [0.05, 0.1) is 6.04 Å². The third-order valence-corrected chi connectivity index (χ3v) is 3.05. The second-order valence-electron chi connectivity index (χ2n) is 4.13. The first kappa shape index (κ1) is 11.5. The first-order valence-corrected chi connectivity index (χ1v) is 5.76. The largest absolute Gasteiger partial charge is 0.338 e. The van der Waals surface area contributed by atoms with E-state index >= 15 is 0 Å². The molecule has 1 unspecified atom stereocenters. The lowest BCUT2D eigenvalue weighted by atomic mass is 10.1. The molecule has 2 N–H and O–H groups in total. The molecule has 0 aromatic heterocycles. The number of carbonyl (C=O) groups is 1. The zero-order chi connectivity index (χ0) is 10.6. The number of rotatable bonds is 4. The average Bonchev–Trinajstić information content (AvgIpc) is 2.64. The Morgan fingerprint density at radius 2 is 2.29 bits per heavy atom.